The number of amides is 1. The molecule has 0 aliphatic rings. The molecule has 2 N–H and O–H groups in total. The van der Waals surface area contributed by atoms with E-state index in [1.54, 1.807) is 0 Å². The number of halogens is 3. The fraction of sp³-hybridized carbons (Fsp3) is 0.182. The molecule has 0 bridgehead atoms. The highest BCUT2D eigenvalue weighted by molar-refractivity contribution is 6.03. The molecule has 1 aromatic heterocycles. The number of carbonyl (C=O) groups excluding carboxylic acids is 2. The van der Waals surface area contributed by atoms with Gasteiger partial charge in [0.25, 0.3) is 11.6 Å². The van der Waals surface area contributed by atoms with E-state index in [0.29, 0.717) is 0 Å². The predicted molar refractivity (Wildman–Crippen MR) is 119 cm³/mol. The Morgan fingerprint density at radius 2 is 1.83 bits per heavy atom. The highest BCUT2D eigenvalue weighted by Gasteiger charge is 2.30. The monoisotopic (exact) mass is 505 g/mol. The van der Waals surface area contributed by atoms with Gasteiger partial charge in [0.2, 0.25) is 0 Å². The molecule has 0 atom stereocenters. The van der Waals surface area contributed by atoms with E-state index in [9.17, 15) is 38.0 Å². The lowest BCUT2D eigenvalue weighted by Crippen LogP contribution is -2.20. The Bertz CT molecular complexity index is 1380. The standard InChI is InChI=1S/C22H18F3N5O6/c1-11(26-27-20(32)13-6-9-15(21(33)36-3)16(10-13)30(34)35)17-19(31)18(29(2)28-17)12-4-7-14(8-5-12)22(23,24)25/h4-10,31H,1-3H3,(H,27,32)/b26-11-. The van der Waals surface area contributed by atoms with E-state index in [-0.39, 0.29) is 39.5 Å². The number of aryl methyl sites for hydroxylation is 1. The van der Waals surface area contributed by atoms with Crippen LogP contribution >= 0.6 is 0 Å². The average molecular weight is 505 g/mol. The van der Waals surface area contributed by atoms with Crippen LogP contribution in [0.5, 0.6) is 5.75 Å². The minimum absolute atomic E-state index is 0.0373. The van der Waals surface area contributed by atoms with Gasteiger partial charge < -0.3 is 9.84 Å². The normalized spacial score (nSPS) is 11.8. The second-order valence-corrected chi connectivity index (χ2v) is 7.36. The second kappa shape index (κ2) is 9.85. The van der Waals surface area contributed by atoms with E-state index < -0.39 is 34.2 Å². The van der Waals surface area contributed by atoms with Crippen molar-refractivity contribution in [3.05, 3.63) is 75.0 Å². The van der Waals surface area contributed by atoms with Crippen molar-refractivity contribution >= 4 is 23.3 Å². The number of nitro benzene ring substituents is 1. The van der Waals surface area contributed by atoms with Crippen molar-refractivity contribution in [2.24, 2.45) is 12.1 Å². The van der Waals surface area contributed by atoms with Crippen LogP contribution in [0.2, 0.25) is 0 Å². The van der Waals surface area contributed by atoms with Crippen LogP contribution in [-0.2, 0) is 18.0 Å². The minimum atomic E-state index is -4.51. The number of nitro groups is 1. The zero-order valence-electron chi connectivity index (χ0n) is 19.0. The summed E-state index contributed by atoms with van der Waals surface area (Å²) in [5.74, 6) is -2.19. The van der Waals surface area contributed by atoms with Crippen LogP contribution in [0.1, 0.15) is 38.9 Å². The first-order valence-corrected chi connectivity index (χ1v) is 10.0. The molecule has 0 saturated carbocycles. The number of benzene rings is 2. The summed E-state index contributed by atoms with van der Waals surface area (Å²) >= 11 is 0. The molecule has 0 unspecified atom stereocenters. The largest absolute Gasteiger partial charge is 0.504 e. The molecule has 36 heavy (non-hydrogen) atoms. The maximum absolute atomic E-state index is 12.8. The molecule has 2 aromatic carbocycles. The molecular formula is C22H18F3N5O6. The molecule has 14 heteroatoms. The van der Waals surface area contributed by atoms with Crippen molar-refractivity contribution in [1.29, 1.82) is 0 Å². The molecule has 0 fully saturated rings. The van der Waals surface area contributed by atoms with Gasteiger partial charge in [0, 0.05) is 24.2 Å². The Kier molecular flexibility index (Phi) is 7.08. The predicted octanol–water partition coefficient (Wildman–Crippen LogP) is 3.66. The Labute approximate surface area is 201 Å². The van der Waals surface area contributed by atoms with Crippen molar-refractivity contribution < 1.29 is 37.5 Å². The summed E-state index contributed by atoms with van der Waals surface area (Å²) in [4.78, 5) is 34.6. The number of nitrogens with one attached hydrogen (secondary N) is 1. The van der Waals surface area contributed by atoms with Crippen LogP contribution in [0.3, 0.4) is 0 Å². The van der Waals surface area contributed by atoms with Crippen molar-refractivity contribution in [2.75, 3.05) is 7.11 Å². The summed E-state index contributed by atoms with van der Waals surface area (Å²) in [7, 11) is 2.52. The Morgan fingerprint density at radius 1 is 1.19 bits per heavy atom. The number of alkyl halides is 3. The van der Waals surface area contributed by atoms with E-state index in [0.717, 1.165) is 31.4 Å². The minimum Gasteiger partial charge on any atom is -0.504 e. The van der Waals surface area contributed by atoms with Crippen LogP contribution in [0.15, 0.2) is 47.6 Å². The third kappa shape index (κ3) is 5.16. The number of hydrazone groups is 1. The molecular weight excluding hydrogens is 487 g/mol. The number of hydrogen-bond donors (Lipinski definition) is 2. The molecule has 0 radical (unpaired) electrons. The number of aromatic nitrogens is 2. The van der Waals surface area contributed by atoms with Gasteiger partial charge in [-0.3, -0.25) is 19.6 Å². The van der Waals surface area contributed by atoms with Gasteiger partial charge in [-0.2, -0.15) is 23.4 Å². The lowest BCUT2D eigenvalue weighted by atomic mass is 10.1. The Balaban J connectivity index is 1.86. The van der Waals surface area contributed by atoms with Crippen molar-refractivity contribution in [2.45, 2.75) is 13.1 Å². The van der Waals surface area contributed by atoms with Crippen molar-refractivity contribution in [3.63, 3.8) is 0 Å². The Morgan fingerprint density at radius 3 is 2.39 bits per heavy atom. The molecule has 0 aliphatic carbocycles. The second-order valence-electron chi connectivity index (χ2n) is 7.36. The van der Waals surface area contributed by atoms with Crippen LogP contribution < -0.4 is 5.43 Å². The molecule has 0 aliphatic heterocycles. The first-order valence-electron chi connectivity index (χ1n) is 10.0. The van der Waals surface area contributed by atoms with Gasteiger partial charge in [-0.05, 0) is 31.2 Å². The number of nitrogens with zero attached hydrogens (tertiary/aromatic N) is 4. The van der Waals surface area contributed by atoms with Gasteiger partial charge in [-0.25, -0.2) is 10.2 Å². The zero-order chi connectivity index (χ0) is 26.8. The molecule has 0 spiro atoms. The third-order valence-electron chi connectivity index (χ3n) is 5.04. The van der Waals surface area contributed by atoms with Crippen LogP contribution in [0.25, 0.3) is 11.3 Å². The highest BCUT2D eigenvalue weighted by Crippen LogP contribution is 2.35. The summed E-state index contributed by atoms with van der Waals surface area (Å²) in [6, 6.07) is 7.22. The maximum Gasteiger partial charge on any atom is 0.416 e. The van der Waals surface area contributed by atoms with Gasteiger partial charge in [-0.15, -0.1) is 0 Å². The quantitative estimate of drug-likeness (QED) is 0.225. The van der Waals surface area contributed by atoms with E-state index in [1.165, 1.54) is 36.9 Å². The fourth-order valence-electron chi connectivity index (χ4n) is 3.26. The molecule has 188 valence electrons. The topological polar surface area (TPSA) is 149 Å². The van der Waals surface area contributed by atoms with Gasteiger partial charge >= 0.3 is 12.1 Å². The molecule has 1 amide bonds. The average Bonchev–Trinajstić information content (AvgIpc) is 3.14. The van der Waals surface area contributed by atoms with E-state index in [1.807, 2.05) is 0 Å². The number of carbonyl (C=O) groups is 2. The van der Waals surface area contributed by atoms with Crippen LogP contribution in [0.4, 0.5) is 18.9 Å². The van der Waals surface area contributed by atoms with Gasteiger partial charge in [0.05, 0.1) is 23.3 Å². The van der Waals surface area contributed by atoms with Gasteiger partial charge in [0.15, 0.2) is 11.4 Å². The van der Waals surface area contributed by atoms with Crippen molar-refractivity contribution in [3.8, 4) is 17.0 Å². The number of hydrogen-bond acceptors (Lipinski definition) is 8. The van der Waals surface area contributed by atoms with E-state index in [2.05, 4.69) is 20.4 Å². The third-order valence-corrected chi connectivity index (χ3v) is 5.04. The molecule has 3 aromatic rings. The van der Waals surface area contributed by atoms with Crippen molar-refractivity contribution in [1.82, 2.24) is 15.2 Å². The first kappa shape index (κ1) is 25.9. The summed E-state index contributed by atoms with van der Waals surface area (Å²) in [5.41, 5.74) is 0.520. The first-order chi connectivity index (χ1) is 16.8. The number of rotatable bonds is 6. The molecule has 11 nitrogen and oxygen atoms in total. The fourth-order valence-corrected chi connectivity index (χ4v) is 3.26. The van der Waals surface area contributed by atoms with E-state index in [4.69, 9.17) is 0 Å². The smallest absolute Gasteiger partial charge is 0.416 e. The van der Waals surface area contributed by atoms with Crippen LogP contribution in [0, 0.1) is 10.1 Å². The molecule has 0 saturated heterocycles. The summed E-state index contributed by atoms with van der Waals surface area (Å²) in [5, 5.41) is 29.9. The summed E-state index contributed by atoms with van der Waals surface area (Å²) in [6.07, 6.45) is -4.51. The summed E-state index contributed by atoms with van der Waals surface area (Å²) < 4.78 is 44.2. The van der Waals surface area contributed by atoms with Gasteiger partial charge in [-0.1, -0.05) is 12.1 Å². The number of methoxy groups -OCH3 is 1. The SMILES string of the molecule is COC(=O)c1ccc(C(=O)N/N=C(/C)c2nn(C)c(-c3ccc(C(F)(F)F)cc3)c2O)cc1[N+](=O)[O-]. The zero-order valence-corrected chi connectivity index (χ0v) is 19.0. The lowest BCUT2D eigenvalue weighted by Gasteiger charge is -2.08. The number of ether oxygens (including phenoxy) is 1. The van der Waals surface area contributed by atoms with E-state index >= 15 is 0 Å². The molecule has 1 heterocycles. The maximum atomic E-state index is 12.8. The lowest BCUT2D eigenvalue weighted by molar-refractivity contribution is -0.385. The van der Waals surface area contributed by atoms with Gasteiger partial charge in [0.1, 0.15) is 11.3 Å². The number of esters is 1. The van der Waals surface area contributed by atoms with Crippen LogP contribution in [-0.4, -0.2) is 44.5 Å². The summed E-state index contributed by atoms with van der Waals surface area (Å²) in [6.45, 7) is 1.40. The molecule has 3 rings (SSSR count). The highest BCUT2D eigenvalue weighted by atomic mass is 19.4. The Hall–Kier alpha value is -4.75. The number of aromatic hydroxyl groups is 1.